The summed E-state index contributed by atoms with van der Waals surface area (Å²) in [5.41, 5.74) is 2.04. The minimum Gasteiger partial charge on any atom is -0.395 e. The minimum absolute atomic E-state index is 0.0230. The van der Waals surface area contributed by atoms with Crippen molar-refractivity contribution in [2.75, 3.05) is 0 Å². The molecule has 1 aliphatic rings. The van der Waals surface area contributed by atoms with Crippen LogP contribution in [0.3, 0.4) is 0 Å². The molecule has 0 amide bonds. The van der Waals surface area contributed by atoms with Gasteiger partial charge in [0.2, 0.25) is 5.60 Å². The lowest BCUT2D eigenvalue weighted by Crippen LogP contribution is -2.42. The van der Waals surface area contributed by atoms with Gasteiger partial charge in [-0.3, -0.25) is 0 Å². The van der Waals surface area contributed by atoms with Gasteiger partial charge in [0.1, 0.15) is 5.60 Å². The summed E-state index contributed by atoms with van der Waals surface area (Å²) in [4.78, 5) is 4.48. The van der Waals surface area contributed by atoms with E-state index in [-0.39, 0.29) is 5.54 Å². The SMILES string of the molecule is [CH2+]C1(C)OB(c2ccc3ncn(C(C)(C)C)c3c2)OC1(C)C. The molecule has 2 aromatic rings. The van der Waals surface area contributed by atoms with Gasteiger partial charge in [0.05, 0.1) is 24.3 Å². The Balaban J connectivity index is 2.03. The highest BCUT2D eigenvalue weighted by Gasteiger charge is 2.57. The maximum Gasteiger partial charge on any atom is 0.498 e. The molecular weight excluding hydrogens is 275 g/mol. The molecule has 0 N–H and O–H groups in total. The van der Waals surface area contributed by atoms with Crippen LogP contribution in [0.2, 0.25) is 0 Å². The largest absolute Gasteiger partial charge is 0.498 e. The Morgan fingerprint density at radius 3 is 2.41 bits per heavy atom. The zero-order valence-electron chi connectivity index (χ0n) is 14.3. The second-order valence-electron chi connectivity index (χ2n) is 7.84. The molecule has 3 rings (SSSR count). The van der Waals surface area contributed by atoms with Crippen molar-refractivity contribution in [1.29, 1.82) is 0 Å². The van der Waals surface area contributed by atoms with Crippen LogP contribution in [0.4, 0.5) is 0 Å². The molecule has 4 nitrogen and oxygen atoms in total. The minimum atomic E-state index is -0.573. The topological polar surface area (TPSA) is 36.3 Å². The molecule has 0 aliphatic carbocycles. The Hall–Kier alpha value is -1.46. The van der Waals surface area contributed by atoms with Crippen LogP contribution in [-0.2, 0) is 14.8 Å². The van der Waals surface area contributed by atoms with Crippen LogP contribution in [0.5, 0.6) is 0 Å². The number of hydrogen-bond donors (Lipinski definition) is 0. The lowest BCUT2D eigenvalue weighted by atomic mass is 9.79. The van der Waals surface area contributed by atoms with E-state index in [1.54, 1.807) is 0 Å². The van der Waals surface area contributed by atoms with Crippen LogP contribution in [0.25, 0.3) is 11.0 Å². The molecule has 0 spiro atoms. The molecule has 5 heteroatoms. The van der Waals surface area contributed by atoms with Gasteiger partial charge in [-0.1, -0.05) is 6.07 Å². The molecule has 2 heterocycles. The summed E-state index contributed by atoms with van der Waals surface area (Å²) in [6.07, 6.45) is 1.89. The van der Waals surface area contributed by atoms with E-state index in [1.165, 1.54) is 0 Å². The van der Waals surface area contributed by atoms with Crippen molar-refractivity contribution in [2.24, 2.45) is 0 Å². The zero-order valence-corrected chi connectivity index (χ0v) is 14.3. The van der Waals surface area contributed by atoms with Gasteiger partial charge in [-0.05, 0) is 52.2 Å². The summed E-state index contributed by atoms with van der Waals surface area (Å²) >= 11 is 0. The van der Waals surface area contributed by atoms with E-state index in [4.69, 9.17) is 9.31 Å². The lowest BCUT2D eigenvalue weighted by molar-refractivity contribution is 0.0262. The molecule has 1 aromatic carbocycles. The molecule has 1 aromatic heterocycles. The van der Waals surface area contributed by atoms with E-state index in [0.717, 1.165) is 16.5 Å². The van der Waals surface area contributed by atoms with E-state index >= 15 is 0 Å². The van der Waals surface area contributed by atoms with Crippen LogP contribution < -0.4 is 5.46 Å². The first-order chi connectivity index (χ1) is 10.0. The molecule has 0 bridgehead atoms. The third-order valence-corrected chi connectivity index (χ3v) is 4.61. The number of benzene rings is 1. The fraction of sp³-hybridized carbons (Fsp3) is 0.529. The second kappa shape index (κ2) is 4.52. The Bertz CT molecular complexity index is 697. The molecule has 1 saturated heterocycles. The fourth-order valence-corrected chi connectivity index (χ4v) is 2.64. The molecular formula is C17H24BN2O2+. The summed E-state index contributed by atoms with van der Waals surface area (Å²) in [5, 5.41) is 0. The average molecular weight is 299 g/mol. The highest BCUT2D eigenvalue weighted by Crippen LogP contribution is 2.36. The average Bonchev–Trinajstić information content (AvgIpc) is 2.87. The smallest absolute Gasteiger partial charge is 0.395 e. The highest BCUT2D eigenvalue weighted by molar-refractivity contribution is 6.62. The molecule has 22 heavy (non-hydrogen) atoms. The van der Waals surface area contributed by atoms with Crippen LogP contribution in [0, 0.1) is 6.92 Å². The lowest BCUT2D eigenvalue weighted by Gasteiger charge is -2.25. The first-order valence-corrected chi connectivity index (χ1v) is 7.70. The van der Waals surface area contributed by atoms with E-state index in [2.05, 4.69) is 43.3 Å². The Morgan fingerprint density at radius 1 is 1.18 bits per heavy atom. The van der Waals surface area contributed by atoms with Gasteiger partial charge in [0.25, 0.3) is 0 Å². The molecule has 1 aliphatic heterocycles. The molecule has 1 atom stereocenters. The first kappa shape index (κ1) is 15.4. The van der Waals surface area contributed by atoms with E-state index in [0.29, 0.717) is 0 Å². The quantitative estimate of drug-likeness (QED) is 0.600. The van der Waals surface area contributed by atoms with Crippen molar-refractivity contribution in [1.82, 2.24) is 9.55 Å². The van der Waals surface area contributed by atoms with E-state index in [9.17, 15) is 0 Å². The maximum atomic E-state index is 6.09. The van der Waals surface area contributed by atoms with Gasteiger partial charge in [0.15, 0.2) is 0 Å². The van der Waals surface area contributed by atoms with Crippen molar-refractivity contribution in [3.8, 4) is 0 Å². The summed E-state index contributed by atoms with van der Waals surface area (Å²) < 4.78 is 14.3. The van der Waals surface area contributed by atoms with Crippen LogP contribution in [-0.4, -0.2) is 27.9 Å². The molecule has 1 unspecified atom stereocenters. The van der Waals surface area contributed by atoms with Crippen molar-refractivity contribution in [3.63, 3.8) is 0 Å². The summed E-state index contributed by atoms with van der Waals surface area (Å²) in [6.45, 7) is 16.6. The van der Waals surface area contributed by atoms with Crippen molar-refractivity contribution in [3.05, 3.63) is 31.5 Å². The Labute approximate surface area is 133 Å². The van der Waals surface area contributed by atoms with Gasteiger partial charge < -0.3 is 13.9 Å². The monoisotopic (exact) mass is 299 g/mol. The van der Waals surface area contributed by atoms with Crippen molar-refractivity contribution in [2.45, 2.75) is 58.3 Å². The van der Waals surface area contributed by atoms with Gasteiger partial charge in [0, 0.05) is 12.5 Å². The number of nitrogens with zero attached hydrogens (tertiary/aromatic N) is 2. The first-order valence-electron chi connectivity index (χ1n) is 7.70. The summed E-state index contributed by atoms with van der Waals surface area (Å²) in [7, 11) is -0.398. The molecule has 1 fully saturated rings. The van der Waals surface area contributed by atoms with Crippen LogP contribution in [0.1, 0.15) is 41.5 Å². The van der Waals surface area contributed by atoms with Crippen LogP contribution >= 0.6 is 0 Å². The van der Waals surface area contributed by atoms with Gasteiger partial charge in [-0.2, -0.15) is 0 Å². The van der Waals surface area contributed by atoms with Gasteiger partial charge in [-0.15, -0.1) is 0 Å². The number of hydrogen-bond acceptors (Lipinski definition) is 3. The maximum absolute atomic E-state index is 6.09. The number of aromatic nitrogens is 2. The Morgan fingerprint density at radius 2 is 1.86 bits per heavy atom. The standard InChI is InChI=1S/C17H24BN2O2/c1-15(2,3)20-11-19-13-9-8-12(10-14(13)20)18-21-16(4,5)17(6,7)22-18/h8-11H,4H2,1-3,5-7H3/q+1. The van der Waals surface area contributed by atoms with Crippen molar-refractivity contribution >= 4 is 23.6 Å². The third-order valence-electron chi connectivity index (χ3n) is 4.61. The summed E-state index contributed by atoms with van der Waals surface area (Å²) in [5.74, 6) is 0. The third kappa shape index (κ3) is 2.33. The predicted octanol–water partition coefficient (Wildman–Crippen LogP) is 2.90. The molecule has 0 radical (unpaired) electrons. The summed E-state index contributed by atoms with van der Waals surface area (Å²) in [6, 6.07) is 6.14. The molecule has 0 saturated carbocycles. The van der Waals surface area contributed by atoms with Gasteiger partial charge >= 0.3 is 7.12 Å². The highest BCUT2D eigenvalue weighted by atomic mass is 16.7. The number of fused-ring (bicyclic) bond motifs is 1. The second-order valence-corrected chi connectivity index (χ2v) is 7.84. The fourth-order valence-electron chi connectivity index (χ4n) is 2.64. The number of rotatable bonds is 1. The normalized spacial score (nSPS) is 25.1. The van der Waals surface area contributed by atoms with Crippen molar-refractivity contribution < 1.29 is 9.31 Å². The Kier molecular flexibility index (Phi) is 3.18. The molecule has 116 valence electrons. The predicted molar refractivity (Wildman–Crippen MR) is 90.1 cm³/mol. The van der Waals surface area contributed by atoms with E-state index < -0.39 is 18.3 Å². The van der Waals surface area contributed by atoms with Crippen LogP contribution in [0.15, 0.2) is 24.5 Å². The zero-order chi connectivity index (χ0) is 16.3. The van der Waals surface area contributed by atoms with E-state index in [1.807, 2.05) is 39.2 Å². The number of imidazole rings is 1. The van der Waals surface area contributed by atoms with Gasteiger partial charge in [-0.25, -0.2) is 4.98 Å².